The topological polar surface area (TPSA) is 140 Å². The van der Waals surface area contributed by atoms with Crippen LogP contribution in [-0.4, -0.2) is 25.6 Å². The quantitative estimate of drug-likeness (QED) is 0.471. The fourth-order valence-electron chi connectivity index (χ4n) is 0.458. The molecular formula is C2H2N6O5. The van der Waals surface area contributed by atoms with E-state index in [1.165, 1.54) is 0 Å². The fraction of sp³-hybridized carbons (Fsp3) is 0. The van der Waals surface area contributed by atoms with E-state index in [9.17, 15) is 20.2 Å². The Morgan fingerprint density at radius 2 is 2.08 bits per heavy atom. The van der Waals surface area contributed by atoms with E-state index in [4.69, 9.17) is 0 Å². The summed E-state index contributed by atoms with van der Waals surface area (Å²) in [5.74, 6) is -0.242. The number of rotatable bonds is 4. The van der Waals surface area contributed by atoms with Crippen LogP contribution in [0.4, 0.5) is 5.82 Å². The maximum atomic E-state index is 10.0. The van der Waals surface area contributed by atoms with Gasteiger partial charge < -0.3 is 0 Å². The first-order valence-electron chi connectivity index (χ1n) is 2.74. The number of nitrogens with one attached hydrogen (secondary N) is 1. The molecule has 11 nitrogen and oxygen atoms in total. The van der Waals surface area contributed by atoms with Gasteiger partial charge in [0.15, 0.2) is 0 Å². The summed E-state index contributed by atoms with van der Waals surface area (Å²) in [6, 6.07) is 0. The van der Waals surface area contributed by atoms with E-state index in [1.807, 2.05) is 0 Å². The van der Waals surface area contributed by atoms with Gasteiger partial charge in [-0.25, -0.2) is 24.9 Å². The maximum absolute atomic E-state index is 10.0. The van der Waals surface area contributed by atoms with Crippen molar-refractivity contribution in [2.75, 3.05) is 5.43 Å². The zero-order valence-electron chi connectivity index (χ0n) is 5.85. The van der Waals surface area contributed by atoms with Gasteiger partial charge in [0.2, 0.25) is 15.9 Å². The second kappa shape index (κ2) is 3.29. The largest absolute Gasteiger partial charge is 0.282 e. The third-order valence-electron chi connectivity index (χ3n) is 0.885. The number of hydrazine groups is 3. The third kappa shape index (κ3) is 1.98. The summed E-state index contributed by atoms with van der Waals surface area (Å²) in [5.41, 5.74) is 1.73. The molecule has 0 spiro atoms. The van der Waals surface area contributed by atoms with Gasteiger partial charge in [-0.05, 0) is 5.16 Å². The standard InChI is InChI=1S/C2H2N6O5/c9-7(10)6(8(11)12)4-2-1-3-13-5-2/h1H,(H,4,5). The van der Waals surface area contributed by atoms with Crippen LogP contribution in [0.25, 0.3) is 0 Å². The smallest absolute Gasteiger partial charge is 0.242 e. The van der Waals surface area contributed by atoms with Crippen molar-refractivity contribution in [3.8, 4) is 0 Å². The van der Waals surface area contributed by atoms with Crippen LogP contribution in [-0.2, 0) is 0 Å². The molecule has 1 aromatic heterocycles. The zero-order chi connectivity index (χ0) is 9.84. The summed E-state index contributed by atoms with van der Waals surface area (Å²) < 4.78 is 4.04. The van der Waals surface area contributed by atoms with Crippen molar-refractivity contribution in [2.24, 2.45) is 0 Å². The van der Waals surface area contributed by atoms with E-state index in [-0.39, 0.29) is 5.82 Å². The maximum Gasteiger partial charge on any atom is 0.282 e. The Morgan fingerprint density at radius 1 is 1.46 bits per heavy atom. The molecule has 0 saturated heterocycles. The summed E-state index contributed by atoms with van der Waals surface area (Å²) in [7, 11) is 0. The molecule has 0 aliphatic rings. The van der Waals surface area contributed by atoms with Crippen LogP contribution >= 0.6 is 0 Å². The SMILES string of the molecule is O=[N+]([O-])N(Nc1cnon1)[N+](=O)[O-]. The lowest BCUT2D eigenvalue weighted by Gasteiger charge is -2.00. The van der Waals surface area contributed by atoms with Gasteiger partial charge >= 0.3 is 0 Å². The monoisotopic (exact) mass is 190 g/mol. The van der Waals surface area contributed by atoms with Crippen molar-refractivity contribution in [3.05, 3.63) is 26.4 Å². The Kier molecular flexibility index (Phi) is 2.19. The highest BCUT2D eigenvalue weighted by Crippen LogP contribution is 2.00. The first-order valence-corrected chi connectivity index (χ1v) is 2.74. The van der Waals surface area contributed by atoms with Crippen LogP contribution in [0.2, 0.25) is 0 Å². The average Bonchev–Trinajstić information content (AvgIpc) is 2.50. The van der Waals surface area contributed by atoms with Crippen molar-refractivity contribution in [1.82, 2.24) is 15.5 Å². The van der Waals surface area contributed by atoms with Crippen LogP contribution < -0.4 is 5.43 Å². The minimum atomic E-state index is -1.27. The van der Waals surface area contributed by atoms with Crippen molar-refractivity contribution in [2.45, 2.75) is 0 Å². The predicted octanol–water partition coefficient (Wildman–Crippen LogP) is -0.918. The Hall–Kier alpha value is -2.46. The van der Waals surface area contributed by atoms with Crippen molar-refractivity contribution in [1.29, 1.82) is 0 Å². The summed E-state index contributed by atoms with van der Waals surface area (Å²) >= 11 is 0. The molecule has 0 aromatic carbocycles. The molecule has 13 heavy (non-hydrogen) atoms. The van der Waals surface area contributed by atoms with E-state index in [1.54, 1.807) is 5.43 Å². The van der Waals surface area contributed by atoms with Crippen LogP contribution in [0, 0.1) is 20.2 Å². The second-order valence-corrected chi connectivity index (χ2v) is 1.67. The number of aromatic nitrogens is 2. The van der Waals surface area contributed by atoms with E-state index >= 15 is 0 Å². The molecule has 0 bridgehead atoms. The van der Waals surface area contributed by atoms with Crippen molar-refractivity contribution in [3.63, 3.8) is 0 Å². The van der Waals surface area contributed by atoms with Gasteiger partial charge in [-0.2, -0.15) is 5.43 Å². The highest BCUT2D eigenvalue weighted by molar-refractivity contribution is 5.24. The molecule has 70 valence electrons. The molecule has 1 N–H and O–H groups in total. The molecule has 1 aromatic rings. The minimum Gasteiger partial charge on any atom is -0.242 e. The van der Waals surface area contributed by atoms with Crippen molar-refractivity contribution < 1.29 is 14.7 Å². The van der Waals surface area contributed by atoms with Crippen LogP contribution in [0.1, 0.15) is 0 Å². The number of hydrogen-bond acceptors (Lipinski definition) is 8. The number of hydrogen-bond donors (Lipinski definition) is 1. The molecule has 11 heteroatoms. The highest BCUT2D eigenvalue weighted by atomic mass is 16.8. The van der Waals surface area contributed by atoms with E-state index in [0.717, 1.165) is 6.20 Å². The molecule has 0 saturated carbocycles. The van der Waals surface area contributed by atoms with Gasteiger partial charge in [0.05, 0.1) is 0 Å². The Bertz CT molecular complexity index is 293. The first-order chi connectivity index (χ1) is 6.11. The molecule has 0 radical (unpaired) electrons. The molecule has 0 atom stereocenters. The van der Waals surface area contributed by atoms with Gasteiger partial charge in [-0.1, -0.05) is 5.16 Å². The molecular weight excluding hydrogens is 188 g/mol. The van der Waals surface area contributed by atoms with E-state index in [2.05, 4.69) is 14.9 Å². The summed E-state index contributed by atoms with van der Waals surface area (Å²) in [6.07, 6.45) is 0.944. The molecule has 1 heterocycles. The number of nitrogens with zero attached hydrogens (tertiary/aromatic N) is 5. The second-order valence-electron chi connectivity index (χ2n) is 1.67. The van der Waals surface area contributed by atoms with Gasteiger partial charge in [0.1, 0.15) is 6.20 Å². The Morgan fingerprint density at radius 3 is 2.46 bits per heavy atom. The van der Waals surface area contributed by atoms with Crippen LogP contribution in [0.15, 0.2) is 10.8 Å². The predicted molar refractivity (Wildman–Crippen MR) is 33.7 cm³/mol. The normalized spacial score (nSPS) is 9.23. The highest BCUT2D eigenvalue weighted by Gasteiger charge is 2.28. The lowest BCUT2D eigenvalue weighted by molar-refractivity contribution is -0.900. The average molecular weight is 190 g/mol. The van der Waals surface area contributed by atoms with Crippen molar-refractivity contribution >= 4 is 5.82 Å². The van der Waals surface area contributed by atoms with Crippen LogP contribution in [0.5, 0.6) is 0 Å². The van der Waals surface area contributed by atoms with E-state index < -0.39 is 15.3 Å². The molecule has 0 aliphatic heterocycles. The summed E-state index contributed by atoms with van der Waals surface area (Å²) in [4.78, 5) is 20.0. The summed E-state index contributed by atoms with van der Waals surface area (Å²) in [5, 5.41) is 23.2. The molecule has 1 rings (SSSR count). The zero-order valence-corrected chi connectivity index (χ0v) is 5.85. The molecule has 0 fully saturated rings. The van der Waals surface area contributed by atoms with Gasteiger partial charge in [0, 0.05) is 0 Å². The molecule has 0 amide bonds. The molecule has 0 unspecified atom stereocenters. The Labute approximate surface area is 69.1 Å². The van der Waals surface area contributed by atoms with Gasteiger partial charge in [-0.15, -0.1) is 0 Å². The minimum absolute atomic E-state index is 0.242. The van der Waals surface area contributed by atoms with Gasteiger partial charge in [0.25, 0.3) is 5.23 Å². The third-order valence-corrected chi connectivity index (χ3v) is 0.885. The fourth-order valence-corrected chi connectivity index (χ4v) is 0.458. The Balaban J connectivity index is 2.69. The number of anilines is 1. The first kappa shape index (κ1) is 8.63. The lowest BCUT2D eigenvalue weighted by Crippen LogP contribution is -2.40. The van der Waals surface area contributed by atoms with Gasteiger partial charge in [-0.3, -0.25) is 0 Å². The lowest BCUT2D eigenvalue weighted by atomic mass is 10.8. The van der Waals surface area contributed by atoms with E-state index in [0.29, 0.717) is 0 Å². The number of nitro groups is 2. The summed E-state index contributed by atoms with van der Waals surface area (Å²) in [6.45, 7) is 0. The van der Waals surface area contributed by atoms with Crippen LogP contribution in [0.3, 0.4) is 0 Å². The molecule has 0 aliphatic carbocycles.